The summed E-state index contributed by atoms with van der Waals surface area (Å²) in [6, 6.07) is 15.8. The second-order valence-electron chi connectivity index (χ2n) is 8.15. The molecule has 6 nitrogen and oxygen atoms in total. The highest BCUT2D eigenvalue weighted by Crippen LogP contribution is 2.35. The van der Waals surface area contributed by atoms with Gasteiger partial charge >= 0.3 is 0 Å². The number of aliphatic hydroxyl groups excluding tert-OH is 2. The van der Waals surface area contributed by atoms with E-state index in [1.807, 2.05) is 62.4 Å². The van der Waals surface area contributed by atoms with E-state index in [2.05, 4.69) is 5.32 Å². The zero-order valence-electron chi connectivity index (χ0n) is 17.8. The summed E-state index contributed by atoms with van der Waals surface area (Å²) in [4.78, 5) is 12.8. The molecule has 4 atom stereocenters. The first-order valence-electron chi connectivity index (χ1n) is 10.3. The minimum atomic E-state index is -1.28. The molecular weight excluding hydrogens is 382 g/mol. The Morgan fingerprint density at radius 3 is 2.43 bits per heavy atom. The predicted octanol–water partition coefficient (Wildman–Crippen LogP) is 2.41. The van der Waals surface area contributed by atoms with E-state index < -0.39 is 23.9 Å². The summed E-state index contributed by atoms with van der Waals surface area (Å²) < 4.78 is 12.1. The molecule has 1 aliphatic carbocycles. The van der Waals surface area contributed by atoms with Gasteiger partial charge in [0, 0.05) is 19.9 Å². The van der Waals surface area contributed by atoms with E-state index in [0.29, 0.717) is 0 Å². The number of carbonyl (C=O) groups excluding carboxylic acids is 1. The molecule has 162 valence electrons. The maximum Gasteiger partial charge on any atom is 0.252 e. The van der Waals surface area contributed by atoms with Gasteiger partial charge in [0.25, 0.3) is 5.91 Å². The summed E-state index contributed by atoms with van der Waals surface area (Å²) in [7, 11) is 1.54. The van der Waals surface area contributed by atoms with Gasteiger partial charge in [-0.05, 0) is 25.0 Å². The number of aliphatic hydroxyl groups is 2. The summed E-state index contributed by atoms with van der Waals surface area (Å²) in [5, 5.41) is 23.7. The van der Waals surface area contributed by atoms with Crippen molar-refractivity contribution in [3.63, 3.8) is 0 Å². The van der Waals surface area contributed by atoms with Crippen LogP contribution in [0.25, 0.3) is 0 Å². The molecule has 0 heterocycles. The first-order chi connectivity index (χ1) is 14.3. The summed E-state index contributed by atoms with van der Waals surface area (Å²) in [6.07, 6.45) is -2.79. The lowest BCUT2D eigenvalue weighted by atomic mass is 9.78. The first kappa shape index (κ1) is 22.4. The molecule has 0 bridgehead atoms. The predicted molar refractivity (Wildman–Crippen MR) is 114 cm³/mol. The molecule has 1 fully saturated rings. The van der Waals surface area contributed by atoms with Gasteiger partial charge in [-0.2, -0.15) is 0 Å². The van der Waals surface area contributed by atoms with Gasteiger partial charge in [0.2, 0.25) is 0 Å². The van der Waals surface area contributed by atoms with E-state index >= 15 is 0 Å². The number of ether oxygens (including phenoxy) is 2. The summed E-state index contributed by atoms with van der Waals surface area (Å²) in [5.41, 5.74) is 2.86. The van der Waals surface area contributed by atoms with Crippen molar-refractivity contribution in [2.45, 2.75) is 63.8 Å². The van der Waals surface area contributed by atoms with E-state index in [1.54, 1.807) is 7.05 Å². The number of rotatable bonds is 7. The van der Waals surface area contributed by atoms with Crippen LogP contribution in [-0.2, 0) is 27.5 Å². The molecule has 0 unspecified atom stereocenters. The fourth-order valence-corrected chi connectivity index (χ4v) is 3.90. The van der Waals surface area contributed by atoms with Crippen molar-refractivity contribution < 1.29 is 24.5 Å². The van der Waals surface area contributed by atoms with Crippen molar-refractivity contribution in [2.24, 2.45) is 0 Å². The van der Waals surface area contributed by atoms with Crippen LogP contribution in [0.1, 0.15) is 35.1 Å². The summed E-state index contributed by atoms with van der Waals surface area (Å²) in [5.74, 6) is -0.329. The van der Waals surface area contributed by atoms with Crippen LogP contribution >= 0.6 is 0 Å². The molecule has 0 saturated heterocycles. The number of hydrogen-bond donors (Lipinski definition) is 3. The van der Waals surface area contributed by atoms with Crippen molar-refractivity contribution in [1.82, 2.24) is 5.32 Å². The van der Waals surface area contributed by atoms with Crippen LogP contribution in [0.5, 0.6) is 0 Å². The molecule has 3 rings (SSSR count). The number of hydrogen-bond acceptors (Lipinski definition) is 5. The second kappa shape index (κ2) is 9.71. The highest BCUT2D eigenvalue weighted by Gasteiger charge is 2.51. The third-order valence-electron chi connectivity index (χ3n) is 5.67. The van der Waals surface area contributed by atoms with Crippen molar-refractivity contribution in [2.75, 3.05) is 7.05 Å². The van der Waals surface area contributed by atoms with E-state index in [-0.39, 0.29) is 32.0 Å². The lowest BCUT2D eigenvalue weighted by Crippen LogP contribution is -2.60. The molecule has 1 amide bonds. The van der Waals surface area contributed by atoms with Gasteiger partial charge in [0.05, 0.1) is 25.4 Å². The molecule has 1 aliphatic rings. The number of amides is 1. The van der Waals surface area contributed by atoms with Gasteiger partial charge < -0.3 is 25.0 Å². The van der Waals surface area contributed by atoms with Crippen LogP contribution in [0.3, 0.4) is 0 Å². The summed E-state index contributed by atoms with van der Waals surface area (Å²) in [6.45, 7) is 4.50. The largest absolute Gasteiger partial charge is 0.390 e. The maximum absolute atomic E-state index is 12.8. The Labute approximate surface area is 177 Å². The molecule has 0 aromatic heterocycles. The normalized spacial score (nSPS) is 26.4. The lowest BCUT2D eigenvalue weighted by molar-refractivity contribution is -0.199. The van der Waals surface area contributed by atoms with Crippen LogP contribution in [0.15, 0.2) is 48.5 Å². The van der Waals surface area contributed by atoms with Crippen LogP contribution in [0.4, 0.5) is 0 Å². The zero-order chi connectivity index (χ0) is 21.7. The number of carbonyl (C=O) groups is 1. The maximum atomic E-state index is 12.8. The Morgan fingerprint density at radius 2 is 1.77 bits per heavy atom. The second-order valence-corrected chi connectivity index (χ2v) is 8.15. The van der Waals surface area contributed by atoms with E-state index in [0.717, 1.165) is 22.3 Å². The molecule has 0 radical (unpaired) electrons. The van der Waals surface area contributed by atoms with E-state index in [1.165, 1.54) is 0 Å². The van der Waals surface area contributed by atoms with Crippen molar-refractivity contribution in [3.8, 4) is 0 Å². The first-order valence-corrected chi connectivity index (χ1v) is 10.3. The topological polar surface area (TPSA) is 88.0 Å². The van der Waals surface area contributed by atoms with Crippen LogP contribution in [0, 0.1) is 13.8 Å². The fraction of sp³-hybridized carbons (Fsp3) is 0.458. The minimum Gasteiger partial charge on any atom is -0.390 e. The molecule has 0 aliphatic heterocycles. The smallest absolute Gasteiger partial charge is 0.252 e. The monoisotopic (exact) mass is 413 g/mol. The molecule has 0 spiro atoms. The van der Waals surface area contributed by atoms with Crippen LogP contribution in [0.2, 0.25) is 0 Å². The Balaban J connectivity index is 1.75. The number of nitrogens with one attached hydrogen (secondary N) is 1. The van der Waals surface area contributed by atoms with Crippen LogP contribution < -0.4 is 5.32 Å². The lowest BCUT2D eigenvalue weighted by Gasteiger charge is -2.43. The molecule has 2 aromatic rings. The highest BCUT2D eigenvalue weighted by atomic mass is 16.5. The molecular formula is C24H31NO5. The standard InChI is InChI=1S/C24H31NO5/c1-16-7-9-18(10-8-16)14-29-21-13-24(23(28)25-3,12-20(26)22(21)27)30-15-19-6-4-5-17(2)11-19/h4-11,20-22,26-27H,12-15H2,1-3H3,(H,25,28)/t20-,21+,22-,24+/m1/s1. The highest BCUT2D eigenvalue weighted by molar-refractivity contribution is 5.85. The van der Waals surface area contributed by atoms with E-state index in [4.69, 9.17) is 9.47 Å². The molecule has 2 aromatic carbocycles. The van der Waals surface area contributed by atoms with Gasteiger partial charge in [-0.25, -0.2) is 0 Å². The number of benzene rings is 2. The Morgan fingerprint density at radius 1 is 1.03 bits per heavy atom. The average Bonchev–Trinajstić information content (AvgIpc) is 2.74. The Kier molecular flexibility index (Phi) is 7.26. The Hall–Kier alpha value is -2.25. The Bertz CT molecular complexity index is 853. The number of likely N-dealkylation sites (N-methyl/N-ethyl adjacent to an activating group) is 1. The van der Waals surface area contributed by atoms with Gasteiger partial charge in [-0.1, -0.05) is 59.7 Å². The van der Waals surface area contributed by atoms with Crippen molar-refractivity contribution >= 4 is 5.91 Å². The fourth-order valence-electron chi connectivity index (χ4n) is 3.90. The van der Waals surface area contributed by atoms with E-state index in [9.17, 15) is 15.0 Å². The van der Waals surface area contributed by atoms with Crippen molar-refractivity contribution in [1.29, 1.82) is 0 Å². The van der Waals surface area contributed by atoms with Crippen molar-refractivity contribution in [3.05, 3.63) is 70.8 Å². The minimum absolute atomic E-state index is 0.00402. The average molecular weight is 414 g/mol. The summed E-state index contributed by atoms with van der Waals surface area (Å²) >= 11 is 0. The zero-order valence-corrected chi connectivity index (χ0v) is 17.8. The van der Waals surface area contributed by atoms with Gasteiger partial charge in [0.15, 0.2) is 5.60 Å². The SMILES string of the molecule is CNC(=O)[C@]1(OCc2cccc(C)c2)C[C@@H](O)[C@@H](O)[C@@H](OCc2ccc(C)cc2)C1. The quantitative estimate of drug-likeness (QED) is 0.649. The number of aryl methyl sites for hydroxylation is 2. The molecule has 30 heavy (non-hydrogen) atoms. The van der Waals surface area contributed by atoms with Gasteiger partial charge in [-0.15, -0.1) is 0 Å². The third kappa shape index (κ3) is 5.26. The van der Waals surface area contributed by atoms with Crippen LogP contribution in [-0.4, -0.2) is 47.1 Å². The third-order valence-corrected chi connectivity index (χ3v) is 5.67. The van der Waals surface area contributed by atoms with Gasteiger partial charge in [-0.3, -0.25) is 4.79 Å². The molecule has 1 saturated carbocycles. The molecule has 6 heteroatoms. The molecule has 3 N–H and O–H groups in total. The van der Waals surface area contributed by atoms with Gasteiger partial charge in [0.1, 0.15) is 6.10 Å².